The fourth-order valence-electron chi connectivity index (χ4n) is 2.69. The maximum atomic E-state index is 5.98. The van der Waals surface area contributed by atoms with Gasteiger partial charge in [0.25, 0.3) is 0 Å². The predicted octanol–water partition coefficient (Wildman–Crippen LogP) is 2.30. The van der Waals surface area contributed by atoms with Crippen LogP contribution in [-0.2, 0) is 10.2 Å². The molecule has 4 nitrogen and oxygen atoms in total. The van der Waals surface area contributed by atoms with E-state index in [9.17, 15) is 0 Å². The SMILES string of the molecule is CC(C)CNC(N)=NCC1(c2ccccc2)CCOCC1. The molecule has 0 aliphatic carbocycles. The van der Waals surface area contributed by atoms with Crippen LogP contribution in [0.1, 0.15) is 32.3 Å². The van der Waals surface area contributed by atoms with Crippen molar-refractivity contribution in [2.45, 2.75) is 32.1 Å². The summed E-state index contributed by atoms with van der Waals surface area (Å²) in [5.41, 5.74) is 7.38. The van der Waals surface area contributed by atoms with Crippen molar-refractivity contribution in [3.8, 4) is 0 Å². The summed E-state index contributed by atoms with van der Waals surface area (Å²) < 4.78 is 5.54. The third kappa shape index (κ3) is 4.46. The van der Waals surface area contributed by atoms with Crippen LogP contribution in [0.2, 0.25) is 0 Å². The molecule has 1 aliphatic rings. The van der Waals surface area contributed by atoms with E-state index in [0.717, 1.165) is 39.1 Å². The van der Waals surface area contributed by atoms with Gasteiger partial charge in [0.05, 0.1) is 6.54 Å². The molecule has 1 aliphatic heterocycles. The second kappa shape index (κ2) is 7.46. The summed E-state index contributed by atoms with van der Waals surface area (Å²) in [6.45, 7) is 7.48. The molecular formula is C17H27N3O. The number of hydrogen-bond donors (Lipinski definition) is 2. The minimum absolute atomic E-state index is 0.0592. The van der Waals surface area contributed by atoms with E-state index in [1.807, 2.05) is 0 Å². The van der Waals surface area contributed by atoms with Gasteiger partial charge in [-0.2, -0.15) is 0 Å². The van der Waals surface area contributed by atoms with Gasteiger partial charge >= 0.3 is 0 Å². The number of rotatable bonds is 5. The van der Waals surface area contributed by atoms with Crippen LogP contribution >= 0.6 is 0 Å². The quantitative estimate of drug-likeness (QED) is 0.646. The Kier molecular flexibility index (Phi) is 5.62. The standard InChI is InChI=1S/C17H27N3O/c1-14(2)12-19-16(18)20-13-17(8-10-21-11-9-17)15-6-4-3-5-7-15/h3-7,14H,8-13H2,1-2H3,(H3,18,19,20). The lowest BCUT2D eigenvalue weighted by Crippen LogP contribution is -2.40. The summed E-state index contributed by atoms with van der Waals surface area (Å²) in [6, 6.07) is 10.6. The van der Waals surface area contributed by atoms with Crippen molar-refractivity contribution in [2.75, 3.05) is 26.3 Å². The highest BCUT2D eigenvalue weighted by atomic mass is 16.5. The maximum Gasteiger partial charge on any atom is 0.188 e. The zero-order valence-corrected chi connectivity index (χ0v) is 13.1. The molecule has 1 fully saturated rings. The topological polar surface area (TPSA) is 59.6 Å². The molecule has 1 aromatic carbocycles. The summed E-state index contributed by atoms with van der Waals surface area (Å²) in [5.74, 6) is 1.11. The highest BCUT2D eigenvalue weighted by Crippen LogP contribution is 2.35. The number of nitrogens with zero attached hydrogens (tertiary/aromatic N) is 1. The number of nitrogens with one attached hydrogen (secondary N) is 1. The molecular weight excluding hydrogens is 262 g/mol. The van der Waals surface area contributed by atoms with E-state index in [1.54, 1.807) is 0 Å². The van der Waals surface area contributed by atoms with Gasteiger partial charge in [-0.15, -0.1) is 0 Å². The fraction of sp³-hybridized carbons (Fsp3) is 0.588. The lowest BCUT2D eigenvalue weighted by molar-refractivity contribution is 0.0531. The van der Waals surface area contributed by atoms with Crippen molar-refractivity contribution >= 4 is 5.96 Å². The first-order valence-electron chi connectivity index (χ1n) is 7.79. The fourth-order valence-corrected chi connectivity index (χ4v) is 2.69. The van der Waals surface area contributed by atoms with Crippen LogP contribution in [0.5, 0.6) is 0 Å². The van der Waals surface area contributed by atoms with Crippen LogP contribution in [0.3, 0.4) is 0 Å². The maximum absolute atomic E-state index is 5.98. The van der Waals surface area contributed by atoms with Gasteiger partial charge in [-0.3, -0.25) is 4.99 Å². The molecule has 0 atom stereocenters. The van der Waals surface area contributed by atoms with E-state index in [0.29, 0.717) is 11.9 Å². The summed E-state index contributed by atoms with van der Waals surface area (Å²) in [5, 5.41) is 3.19. The molecule has 1 saturated heterocycles. The van der Waals surface area contributed by atoms with E-state index in [-0.39, 0.29) is 5.41 Å². The molecule has 3 N–H and O–H groups in total. The van der Waals surface area contributed by atoms with Gasteiger partial charge < -0.3 is 15.8 Å². The summed E-state index contributed by atoms with van der Waals surface area (Å²) in [4.78, 5) is 4.60. The lowest BCUT2D eigenvalue weighted by Gasteiger charge is -2.36. The normalized spacial score (nSPS) is 18.7. The van der Waals surface area contributed by atoms with E-state index < -0.39 is 0 Å². The first-order chi connectivity index (χ1) is 10.1. The second-order valence-corrected chi connectivity index (χ2v) is 6.23. The van der Waals surface area contributed by atoms with Crippen molar-refractivity contribution in [1.82, 2.24) is 5.32 Å². The van der Waals surface area contributed by atoms with E-state index in [4.69, 9.17) is 10.5 Å². The zero-order valence-electron chi connectivity index (χ0n) is 13.1. The number of ether oxygens (including phenoxy) is 1. The second-order valence-electron chi connectivity index (χ2n) is 6.23. The largest absolute Gasteiger partial charge is 0.381 e. The van der Waals surface area contributed by atoms with E-state index in [2.05, 4.69) is 54.5 Å². The van der Waals surface area contributed by atoms with E-state index >= 15 is 0 Å². The van der Waals surface area contributed by atoms with Gasteiger partial charge in [-0.05, 0) is 24.3 Å². The van der Waals surface area contributed by atoms with Gasteiger partial charge in [-0.1, -0.05) is 44.2 Å². The molecule has 116 valence electrons. The van der Waals surface area contributed by atoms with Crippen LogP contribution in [0.25, 0.3) is 0 Å². The van der Waals surface area contributed by atoms with E-state index in [1.165, 1.54) is 5.56 Å². The Bertz CT molecular complexity index is 450. The van der Waals surface area contributed by atoms with Crippen LogP contribution < -0.4 is 11.1 Å². The van der Waals surface area contributed by atoms with Gasteiger partial charge in [-0.25, -0.2) is 0 Å². The van der Waals surface area contributed by atoms with Gasteiger partial charge in [0.1, 0.15) is 0 Å². The number of aliphatic imine (C=N–C) groups is 1. The highest BCUT2D eigenvalue weighted by Gasteiger charge is 2.34. The Morgan fingerprint density at radius 2 is 1.95 bits per heavy atom. The molecule has 21 heavy (non-hydrogen) atoms. The number of nitrogens with two attached hydrogens (primary N) is 1. The summed E-state index contributed by atoms with van der Waals surface area (Å²) in [6.07, 6.45) is 2.00. The van der Waals surface area contributed by atoms with Crippen LogP contribution in [0.4, 0.5) is 0 Å². The minimum Gasteiger partial charge on any atom is -0.381 e. The number of hydrogen-bond acceptors (Lipinski definition) is 2. The molecule has 2 rings (SSSR count). The smallest absolute Gasteiger partial charge is 0.188 e. The molecule has 4 heteroatoms. The highest BCUT2D eigenvalue weighted by molar-refractivity contribution is 5.77. The molecule has 0 radical (unpaired) electrons. The Morgan fingerprint density at radius 3 is 2.57 bits per heavy atom. The monoisotopic (exact) mass is 289 g/mol. The van der Waals surface area contributed by atoms with Gasteiger partial charge in [0, 0.05) is 25.2 Å². The van der Waals surface area contributed by atoms with Crippen LogP contribution in [-0.4, -0.2) is 32.3 Å². The Hall–Kier alpha value is -1.55. The molecule has 1 aromatic rings. The van der Waals surface area contributed by atoms with Gasteiger partial charge in [0.15, 0.2) is 5.96 Å². The molecule has 0 unspecified atom stereocenters. The molecule has 0 saturated carbocycles. The van der Waals surface area contributed by atoms with Crippen LogP contribution in [0, 0.1) is 5.92 Å². The lowest BCUT2D eigenvalue weighted by atomic mass is 9.74. The van der Waals surface area contributed by atoms with Crippen LogP contribution in [0.15, 0.2) is 35.3 Å². The summed E-state index contributed by atoms with van der Waals surface area (Å²) >= 11 is 0. The Morgan fingerprint density at radius 1 is 1.29 bits per heavy atom. The van der Waals surface area contributed by atoms with Crippen molar-refractivity contribution in [2.24, 2.45) is 16.6 Å². The third-order valence-corrected chi connectivity index (χ3v) is 4.08. The molecule has 0 spiro atoms. The molecule has 0 aromatic heterocycles. The zero-order chi connectivity index (χ0) is 15.1. The Labute approximate surface area is 127 Å². The van der Waals surface area contributed by atoms with Crippen molar-refractivity contribution in [3.05, 3.63) is 35.9 Å². The third-order valence-electron chi connectivity index (χ3n) is 4.08. The average Bonchev–Trinajstić information content (AvgIpc) is 2.52. The van der Waals surface area contributed by atoms with Crippen molar-refractivity contribution < 1.29 is 4.74 Å². The average molecular weight is 289 g/mol. The predicted molar refractivity (Wildman–Crippen MR) is 87.5 cm³/mol. The van der Waals surface area contributed by atoms with Crippen molar-refractivity contribution in [3.63, 3.8) is 0 Å². The molecule has 0 amide bonds. The first kappa shape index (κ1) is 15.8. The first-order valence-corrected chi connectivity index (χ1v) is 7.79. The Balaban J connectivity index is 2.08. The number of benzene rings is 1. The summed E-state index contributed by atoms with van der Waals surface area (Å²) in [7, 11) is 0. The molecule has 1 heterocycles. The van der Waals surface area contributed by atoms with Crippen molar-refractivity contribution in [1.29, 1.82) is 0 Å². The minimum atomic E-state index is 0.0592. The van der Waals surface area contributed by atoms with Gasteiger partial charge in [0.2, 0.25) is 0 Å². The number of guanidine groups is 1. The molecule has 0 bridgehead atoms.